The van der Waals surface area contributed by atoms with Crippen LogP contribution in [0.5, 0.6) is 0 Å². The minimum absolute atomic E-state index is 0.471. The third-order valence-corrected chi connectivity index (χ3v) is 4.32. The summed E-state index contributed by atoms with van der Waals surface area (Å²) >= 11 is 3.48. The quantitative estimate of drug-likeness (QED) is 0.903. The van der Waals surface area contributed by atoms with E-state index in [1.165, 1.54) is 32.4 Å². The number of hydrogen-bond acceptors (Lipinski definition) is 3. The molecule has 1 aliphatic rings. The van der Waals surface area contributed by atoms with Gasteiger partial charge < -0.3 is 10.2 Å². The lowest BCUT2D eigenvalue weighted by atomic mass is 10.1. The first kappa shape index (κ1) is 15.3. The van der Waals surface area contributed by atoms with Crippen LogP contribution >= 0.6 is 15.9 Å². The van der Waals surface area contributed by atoms with E-state index in [1.54, 1.807) is 0 Å². The highest BCUT2D eigenvalue weighted by Gasteiger charge is 2.17. The van der Waals surface area contributed by atoms with Crippen LogP contribution in [0.25, 0.3) is 0 Å². The summed E-state index contributed by atoms with van der Waals surface area (Å²) in [5, 5.41) is 12.8. The summed E-state index contributed by atoms with van der Waals surface area (Å²) < 4.78 is 1.01. The molecular weight excluding hydrogens is 314 g/mol. The van der Waals surface area contributed by atoms with Crippen LogP contribution in [-0.2, 0) is 0 Å². The molecule has 1 fully saturated rings. The van der Waals surface area contributed by atoms with Crippen molar-refractivity contribution in [2.75, 3.05) is 25.0 Å². The number of halogens is 1. The molecule has 1 aromatic rings. The minimum atomic E-state index is 0.471. The van der Waals surface area contributed by atoms with Crippen LogP contribution in [0.3, 0.4) is 0 Å². The fourth-order valence-electron chi connectivity index (χ4n) is 2.79. The molecule has 1 N–H and O–H groups in total. The van der Waals surface area contributed by atoms with Gasteiger partial charge in [0.25, 0.3) is 0 Å². The molecule has 1 atom stereocenters. The Morgan fingerprint density at radius 2 is 2.25 bits per heavy atom. The number of nitrogens with one attached hydrogen (secondary N) is 1. The lowest BCUT2D eigenvalue weighted by Crippen LogP contribution is -2.27. The van der Waals surface area contributed by atoms with E-state index in [9.17, 15) is 5.26 Å². The summed E-state index contributed by atoms with van der Waals surface area (Å²) in [5.74, 6) is 0. The first-order valence-corrected chi connectivity index (χ1v) is 8.20. The highest BCUT2D eigenvalue weighted by atomic mass is 79.9. The van der Waals surface area contributed by atoms with Crippen LogP contribution in [0, 0.1) is 11.3 Å². The van der Waals surface area contributed by atoms with E-state index in [0.717, 1.165) is 28.7 Å². The molecule has 2 rings (SSSR count). The number of rotatable bonds is 4. The van der Waals surface area contributed by atoms with E-state index in [2.05, 4.69) is 39.1 Å². The maximum Gasteiger partial charge on any atom is 0.101 e. The van der Waals surface area contributed by atoms with Crippen molar-refractivity contribution in [3.05, 3.63) is 28.2 Å². The summed E-state index contributed by atoms with van der Waals surface area (Å²) in [6.07, 6.45) is 4.78. The van der Waals surface area contributed by atoms with E-state index < -0.39 is 0 Å². The summed E-state index contributed by atoms with van der Waals surface area (Å²) in [6.45, 7) is 5.80. The van der Waals surface area contributed by atoms with Crippen LogP contribution in [0.4, 0.5) is 5.69 Å². The highest BCUT2D eigenvalue weighted by Crippen LogP contribution is 2.24. The lowest BCUT2D eigenvalue weighted by molar-refractivity contribution is 0.285. The van der Waals surface area contributed by atoms with Crippen LogP contribution in [0.15, 0.2) is 22.7 Å². The Morgan fingerprint density at radius 3 is 3.00 bits per heavy atom. The molecule has 0 amide bonds. The van der Waals surface area contributed by atoms with Crippen molar-refractivity contribution in [1.29, 1.82) is 5.26 Å². The maximum absolute atomic E-state index is 9.19. The van der Waals surface area contributed by atoms with Gasteiger partial charge in [-0.2, -0.15) is 5.26 Å². The Hall–Kier alpha value is -1.05. The molecule has 3 nitrogen and oxygen atoms in total. The molecular formula is C16H22BrN3. The summed E-state index contributed by atoms with van der Waals surface area (Å²) in [6, 6.07) is 8.53. The summed E-state index contributed by atoms with van der Waals surface area (Å²) in [4.78, 5) is 2.55. The van der Waals surface area contributed by atoms with Crippen molar-refractivity contribution in [3.63, 3.8) is 0 Å². The van der Waals surface area contributed by atoms with Gasteiger partial charge in [0, 0.05) is 17.1 Å². The van der Waals surface area contributed by atoms with E-state index in [-0.39, 0.29) is 0 Å². The largest absolute Gasteiger partial charge is 0.381 e. The zero-order valence-corrected chi connectivity index (χ0v) is 13.6. The van der Waals surface area contributed by atoms with Gasteiger partial charge in [0.2, 0.25) is 0 Å². The Morgan fingerprint density at radius 1 is 1.40 bits per heavy atom. The molecule has 0 aliphatic carbocycles. The molecule has 20 heavy (non-hydrogen) atoms. The second kappa shape index (κ2) is 7.66. The second-order valence-corrected chi connectivity index (χ2v) is 6.33. The molecule has 1 saturated heterocycles. The maximum atomic E-state index is 9.19. The van der Waals surface area contributed by atoms with E-state index in [4.69, 9.17) is 0 Å². The fourth-order valence-corrected chi connectivity index (χ4v) is 3.15. The molecule has 1 unspecified atom stereocenters. The van der Waals surface area contributed by atoms with Crippen LogP contribution in [0.1, 0.15) is 38.2 Å². The van der Waals surface area contributed by atoms with Crippen molar-refractivity contribution >= 4 is 21.6 Å². The van der Waals surface area contributed by atoms with Gasteiger partial charge in [-0.3, -0.25) is 0 Å². The fraction of sp³-hybridized carbons (Fsp3) is 0.562. The smallest absolute Gasteiger partial charge is 0.101 e. The van der Waals surface area contributed by atoms with Gasteiger partial charge >= 0.3 is 0 Å². The molecule has 0 radical (unpaired) electrons. The average Bonchev–Trinajstić information content (AvgIpc) is 2.65. The van der Waals surface area contributed by atoms with Gasteiger partial charge in [0.15, 0.2) is 0 Å². The van der Waals surface area contributed by atoms with Crippen molar-refractivity contribution in [2.24, 2.45) is 0 Å². The third-order valence-electron chi connectivity index (χ3n) is 3.82. The van der Waals surface area contributed by atoms with Crippen molar-refractivity contribution in [2.45, 2.75) is 38.6 Å². The molecule has 0 aromatic heterocycles. The van der Waals surface area contributed by atoms with Gasteiger partial charge in [-0.1, -0.05) is 22.9 Å². The second-order valence-electron chi connectivity index (χ2n) is 5.42. The predicted octanol–water partition coefficient (Wildman–Crippen LogP) is 4.00. The van der Waals surface area contributed by atoms with Gasteiger partial charge in [-0.25, -0.2) is 0 Å². The molecule has 0 spiro atoms. The first-order valence-electron chi connectivity index (χ1n) is 7.41. The number of hydrogen-bond donors (Lipinski definition) is 1. The molecule has 1 aromatic carbocycles. The summed E-state index contributed by atoms with van der Waals surface area (Å²) in [5.41, 5.74) is 1.68. The molecule has 0 bridgehead atoms. The standard InChI is InChI=1S/C16H22BrN3/c1-2-8-20-9-3-4-15(7-10-20)19-16-11-14(17)6-5-13(16)12-18/h5-6,11,15,19H,2-4,7-10H2,1H3. The number of anilines is 1. The minimum Gasteiger partial charge on any atom is -0.381 e. The van der Waals surface area contributed by atoms with Gasteiger partial charge in [-0.15, -0.1) is 0 Å². The number of likely N-dealkylation sites (tertiary alicyclic amines) is 1. The van der Waals surface area contributed by atoms with Crippen LogP contribution in [0.2, 0.25) is 0 Å². The zero-order chi connectivity index (χ0) is 14.4. The Labute approximate surface area is 130 Å². The van der Waals surface area contributed by atoms with Crippen molar-refractivity contribution < 1.29 is 0 Å². The molecule has 1 aliphatic heterocycles. The van der Waals surface area contributed by atoms with E-state index in [1.807, 2.05) is 18.2 Å². The van der Waals surface area contributed by atoms with E-state index >= 15 is 0 Å². The zero-order valence-electron chi connectivity index (χ0n) is 12.0. The molecule has 108 valence electrons. The summed E-state index contributed by atoms with van der Waals surface area (Å²) in [7, 11) is 0. The monoisotopic (exact) mass is 335 g/mol. The molecule has 0 saturated carbocycles. The first-order chi connectivity index (χ1) is 9.72. The molecule has 4 heteroatoms. The van der Waals surface area contributed by atoms with Crippen molar-refractivity contribution in [1.82, 2.24) is 4.90 Å². The van der Waals surface area contributed by atoms with Crippen LogP contribution in [-0.4, -0.2) is 30.6 Å². The van der Waals surface area contributed by atoms with Gasteiger partial charge in [0.05, 0.1) is 11.3 Å². The van der Waals surface area contributed by atoms with E-state index in [0.29, 0.717) is 6.04 Å². The van der Waals surface area contributed by atoms with Crippen LogP contribution < -0.4 is 5.32 Å². The Bertz CT molecular complexity index is 481. The highest BCUT2D eigenvalue weighted by molar-refractivity contribution is 9.10. The molecule has 1 heterocycles. The third kappa shape index (κ3) is 4.22. The topological polar surface area (TPSA) is 39.1 Å². The number of benzene rings is 1. The Balaban J connectivity index is 2.00. The number of nitriles is 1. The normalized spacial score (nSPS) is 20.1. The van der Waals surface area contributed by atoms with Gasteiger partial charge in [0.1, 0.15) is 6.07 Å². The lowest BCUT2D eigenvalue weighted by Gasteiger charge is -2.20. The predicted molar refractivity (Wildman–Crippen MR) is 86.8 cm³/mol. The SMILES string of the molecule is CCCN1CCCC(Nc2cc(Br)ccc2C#N)CC1. The Kier molecular flexibility index (Phi) is 5.87. The van der Waals surface area contributed by atoms with Crippen molar-refractivity contribution in [3.8, 4) is 6.07 Å². The van der Waals surface area contributed by atoms with Gasteiger partial charge in [-0.05, 0) is 57.0 Å². The average molecular weight is 336 g/mol. The number of nitrogens with zero attached hydrogens (tertiary/aromatic N) is 2.